The van der Waals surface area contributed by atoms with Gasteiger partial charge in [-0.05, 0) is 95.4 Å². The Labute approximate surface area is 355 Å². The van der Waals surface area contributed by atoms with Crippen LogP contribution in [0, 0.1) is 0 Å². The van der Waals surface area contributed by atoms with Crippen LogP contribution in [0.15, 0.2) is 211 Å². The number of hydrogen-bond donors (Lipinski definition) is 0. The molecule has 12 rings (SSSR count). The molecule has 0 saturated carbocycles. The average Bonchev–Trinajstić information content (AvgIpc) is 3.90. The van der Waals surface area contributed by atoms with Crippen LogP contribution in [0.2, 0.25) is 0 Å². The van der Waals surface area contributed by atoms with E-state index in [2.05, 4.69) is 175 Å². The van der Waals surface area contributed by atoms with Crippen molar-refractivity contribution in [3.63, 3.8) is 0 Å². The summed E-state index contributed by atoms with van der Waals surface area (Å²) in [4.78, 5) is 18.1. The molecule has 0 N–H and O–H groups in total. The standard InChI is InChI=1S/C55H34N4OS/c1-4-14-35(15-5-1)36-24-27-40(28-25-36)59(39-18-8-3-9-19-39)41-29-30-44-45(33-41)48(34-47-42-20-10-12-22-49(42)60-52(44)47)55-57-53(37-16-6-2-7-17-37)56-54(58-55)38-26-31-51-46(32-38)43-21-11-13-23-50(43)61-51/h1-34H. The molecule has 61 heavy (non-hydrogen) atoms. The SMILES string of the molecule is c1ccc(-c2ccc(N(c3ccccc3)c3ccc4c(c3)c(-c3nc(-c5ccccc5)nc(-c5ccc6sc7ccccc7c6c5)n3)cc3c5ccccc5oc43)cc2)cc1. The Kier molecular flexibility index (Phi) is 8.28. The number of anilines is 3. The highest BCUT2D eigenvalue weighted by Crippen LogP contribution is 2.44. The Hall–Kier alpha value is -7.93. The molecule has 0 bridgehead atoms. The third kappa shape index (κ3) is 6.12. The fraction of sp³-hybridized carbons (Fsp3) is 0. The van der Waals surface area contributed by atoms with Crippen molar-refractivity contribution in [2.24, 2.45) is 0 Å². The number of aromatic nitrogens is 3. The summed E-state index contributed by atoms with van der Waals surface area (Å²) in [6.45, 7) is 0. The van der Waals surface area contributed by atoms with Crippen molar-refractivity contribution in [2.75, 3.05) is 4.90 Å². The highest BCUT2D eigenvalue weighted by atomic mass is 32.1. The normalized spacial score (nSPS) is 11.6. The first-order chi connectivity index (χ1) is 30.2. The van der Waals surface area contributed by atoms with Gasteiger partial charge < -0.3 is 9.32 Å². The minimum Gasteiger partial charge on any atom is -0.455 e. The topological polar surface area (TPSA) is 55.1 Å². The van der Waals surface area contributed by atoms with E-state index in [1.807, 2.05) is 36.4 Å². The van der Waals surface area contributed by atoms with Gasteiger partial charge in [0, 0.05) is 70.1 Å². The van der Waals surface area contributed by atoms with Gasteiger partial charge in [0.2, 0.25) is 0 Å². The van der Waals surface area contributed by atoms with Crippen LogP contribution in [-0.4, -0.2) is 15.0 Å². The maximum atomic E-state index is 6.67. The predicted octanol–water partition coefficient (Wildman–Crippen LogP) is 15.4. The molecular formula is C55H34N4OS. The van der Waals surface area contributed by atoms with Gasteiger partial charge in [-0.3, -0.25) is 0 Å². The number of nitrogens with zero attached hydrogens (tertiary/aromatic N) is 4. The third-order valence-electron chi connectivity index (χ3n) is 11.5. The van der Waals surface area contributed by atoms with E-state index in [0.29, 0.717) is 17.5 Å². The fourth-order valence-corrected chi connectivity index (χ4v) is 9.66. The van der Waals surface area contributed by atoms with Crippen LogP contribution < -0.4 is 4.90 Å². The highest BCUT2D eigenvalue weighted by Gasteiger charge is 2.22. The van der Waals surface area contributed by atoms with Gasteiger partial charge in [0.15, 0.2) is 17.5 Å². The Morgan fingerprint density at radius 3 is 1.70 bits per heavy atom. The first-order valence-corrected chi connectivity index (χ1v) is 21.2. The second-order valence-corrected chi connectivity index (χ2v) is 16.3. The van der Waals surface area contributed by atoms with Crippen LogP contribution >= 0.6 is 11.3 Å². The number of thiophene rings is 1. The molecule has 6 heteroatoms. The van der Waals surface area contributed by atoms with Crippen LogP contribution in [0.5, 0.6) is 0 Å². The summed E-state index contributed by atoms with van der Waals surface area (Å²) in [7, 11) is 0. The molecule has 0 unspecified atom stereocenters. The summed E-state index contributed by atoms with van der Waals surface area (Å²) in [5, 5.41) is 6.43. The highest BCUT2D eigenvalue weighted by molar-refractivity contribution is 7.25. The molecule has 0 radical (unpaired) electrons. The molecule has 286 valence electrons. The van der Waals surface area contributed by atoms with E-state index in [1.165, 1.54) is 25.7 Å². The molecule has 0 amide bonds. The lowest BCUT2D eigenvalue weighted by atomic mass is 9.98. The smallest absolute Gasteiger partial charge is 0.164 e. The maximum absolute atomic E-state index is 6.67. The van der Waals surface area contributed by atoms with Crippen molar-refractivity contribution in [1.82, 2.24) is 15.0 Å². The number of fused-ring (bicyclic) bond motifs is 8. The van der Waals surface area contributed by atoms with E-state index in [4.69, 9.17) is 19.4 Å². The van der Waals surface area contributed by atoms with Gasteiger partial charge in [0.1, 0.15) is 11.2 Å². The first-order valence-electron chi connectivity index (χ1n) is 20.3. The maximum Gasteiger partial charge on any atom is 0.164 e. The van der Waals surface area contributed by atoms with Crippen LogP contribution in [0.25, 0.3) is 98.2 Å². The largest absolute Gasteiger partial charge is 0.455 e. The second-order valence-electron chi connectivity index (χ2n) is 15.2. The molecule has 0 aliphatic carbocycles. The number of furan rings is 1. The number of benzene rings is 9. The molecular weight excluding hydrogens is 765 g/mol. The van der Waals surface area contributed by atoms with Crippen molar-refractivity contribution in [2.45, 2.75) is 0 Å². The van der Waals surface area contributed by atoms with Crippen LogP contribution in [0.4, 0.5) is 17.1 Å². The minimum absolute atomic E-state index is 0.590. The summed E-state index contributed by atoms with van der Waals surface area (Å²) >= 11 is 1.80. The van der Waals surface area contributed by atoms with Crippen molar-refractivity contribution >= 4 is 81.3 Å². The lowest BCUT2D eigenvalue weighted by molar-refractivity contribution is 0.672. The molecule has 0 spiro atoms. The van der Waals surface area contributed by atoms with E-state index in [9.17, 15) is 0 Å². The van der Waals surface area contributed by atoms with Gasteiger partial charge >= 0.3 is 0 Å². The van der Waals surface area contributed by atoms with Gasteiger partial charge in [0.05, 0.1) is 0 Å². The fourth-order valence-electron chi connectivity index (χ4n) is 8.57. The summed E-state index contributed by atoms with van der Waals surface area (Å²) in [5.74, 6) is 1.82. The molecule has 12 aromatic rings. The minimum atomic E-state index is 0.590. The van der Waals surface area contributed by atoms with Crippen LogP contribution in [0.3, 0.4) is 0 Å². The zero-order valence-corrected chi connectivity index (χ0v) is 33.6. The zero-order valence-electron chi connectivity index (χ0n) is 32.7. The van der Waals surface area contributed by atoms with Crippen molar-refractivity contribution < 1.29 is 4.42 Å². The van der Waals surface area contributed by atoms with Gasteiger partial charge in [-0.25, -0.2) is 15.0 Å². The first kappa shape index (κ1) is 35.1. The zero-order chi connectivity index (χ0) is 40.3. The molecule has 0 saturated heterocycles. The van der Waals surface area contributed by atoms with Crippen molar-refractivity contribution in [3.8, 4) is 45.3 Å². The molecule has 0 fully saturated rings. The van der Waals surface area contributed by atoms with Crippen LogP contribution in [0.1, 0.15) is 0 Å². The summed E-state index contributed by atoms with van der Waals surface area (Å²) in [5.41, 5.74) is 9.85. The number of hydrogen-bond acceptors (Lipinski definition) is 6. The molecule has 3 aromatic heterocycles. The molecule has 3 heterocycles. The Balaban J connectivity index is 1.10. The summed E-state index contributed by atoms with van der Waals surface area (Å²) in [6, 6.07) is 72.2. The summed E-state index contributed by atoms with van der Waals surface area (Å²) < 4.78 is 9.16. The molecule has 9 aromatic carbocycles. The Bertz CT molecular complexity index is 3580. The van der Waals surface area contributed by atoms with Gasteiger partial charge in [-0.2, -0.15) is 0 Å². The van der Waals surface area contributed by atoms with Crippen molar-refractivity contribution in [1.29, 1.82) is 0 Å². The third-order valence-corrected chi connectivity index (χ3v) is 12.7. The predicted molar refractivity (Wildman–Crippen MR) is 254 cm³/mol. The quantitative estimate of drug-likeness (QED) is 0.161. The lowest BCUT2D eigenvalue weighted by Gasteiger charge is -2.26. The lowest BCUT2D eigenvalue weighted by Crippen LogP contribution is -2.10. The number of rotatable bonds is 7. The Morgan fingerprint density at radius 2 is 0.918 bits per heavy atom. The van der Waals surface area contributed by atoms with E-state index < -0.39 is 0 Å². The van der Waals surface area contributed by atoms with Gasteiger partial charge in [-0.1, -0.05) is 127 Å². The van der Waals surface area contributed by atoms with Crippen molar-refractivity contribution in [3.05, 3.63) is 206 Å². The molecule has 0 atom stereocenters. The summed E-state index contributed by atoms with van der Waals surface area (Å²) in [6.07, 6.45) is 0. The molecule has 0 aliphatic heterocycles. The van der Waals surface area contributed by atoms with Gasteiger partial charge in [-0.15, -0.1) is 11.3 Å². The van der Waals surface area contributed by atoms with Gasteiger partial charge in [0.25, 0.3) is 0 Å². The van der Waals surface area contributed by atoms with E-state index >= 15 is 0 Å². The van der Waals surface area contributed by atoms with E-state index in [-0.39, 0.29) is 0 Å². The average molecular weight is 799 g/mol. The Morgan fingerprint density at radius 1 is 0.344 bits per heavy atom. The number of para-hydroxylation sites is 2. The second kappa shape index (κ2) is 14.4. The monoisotopic (exact) mass is 798 g/mol. The molecule has 0 aliphatic rings. The van der Waals surface area contributed by atoms with E-state index in [1.54, 1.807) is 11.3 Å². The van der Waals surface area contributed by atoms with E-state index in [0.717, 1.165) is 72.0 Å². The van der Waals surface area contributed by atoms with Crippen LogP contribution in [-0.2, 0) is 0 Å². The molecule has 5 nitrogen and oxygen atoms in total.